The standard InChI is InChI=1S/C26H26Br2N2O3/c1-3-13-7-5-8-14(4-2)23(13)29-24(31)15-9-6-10-16(11-15)30-25(32)19-17-12-18(20(19)26(30)33)22(28)21(17)27/h5-11,17-22H,3-4,12H2,1-2H3,(H,29,31)/t17-,18-,19-,20+,21-,22+/m1/s1. The molecule has 2 aromatic carbocycles. The van der Waals surface area contributed by atoms with E-state index in [1.165, 1.54) is 4.90 Å². The summed E-state index contributed by atoms with van der Waals surface area (Å²) in [6.45, 7) is 4.13. The van der Waals surface area contributed by atoms with E-state index < -0.39 is 0 Å². The van der Waals surface area contributed by atoms with Crippen molar-refractivity contribution in [2.24, 2.45) is 23.7 Å². The van der Waals surface area contributed by atoms with Gasteiger partial charge in [-0.1, -0.05) is 70.0 Å². The van der Waals surface area contributed by atoms with Crippen LogP contribution < -0.4 is 10.2 Å². The number of fused-ring (bicyclic) bond motifs is 5. The van der Waals surface area contributed by atoms with Crippen molar-refractivity contribution in [2.75, 3.05) is 10.2 Å². The summed E-state index contributed by atoms with van der Waals surface area (Å²) in [5, 5.41) is 3.07. The number of halogens is 2. The van der Waals surface area contributed by atoms with Gasteiger partial charge in [-0.25, -0.2) is 0 Å². The molecule has 3 aliphatic rings. The number of rotatable bonds is 5. The van der Waals surface area contributed by atoms with Crippen LogP contribution >= 0.6 is 31.9 Å². The molecule has 2 bridgehead atoms. The van der Waals surface area contributed by atoms with Crippen LogP contribution in [-0.4, -0.2) is 27.4 Å². The van der Waals surface area contributed by atoms with Crippen LogP contribution in [0.4, 0.5) is 11.4 Å². The molecule has 0 radical (unpaired) electrons. The minimum atomic E-state index is -0.276. The lowest BCUT2D eigenvalue weighted by Gasteiger charge is -2.28. The van der Waals surface area contributed by atoms with Gasteiger partial charge in [0, 0.05) is 20.9 Å². The molecule has 1 aliphatic heterocycles. The van der Waals surface area contributed by atoms with Crippen molar-refractivity contribution in [3.05, 3.63) is 59.2 Å². The first kappa shape index (κ1) is 22.8. The summed E-state index contributed by atoms with van der Waals surface area (Å²) in [5.41, 5.74) is 3.92. The van der Waals surface area contributed by atoms with Gasteiger partial charge in [0.1, 0.15) is 0 Å². The van der Waals surface area contributed by atoms with Gasteiger partial charge in [-0.15, -0.1) is 0 Å². The second-order valence-electron chi connectivity index (χ2n) is 9.18. The van der Waals surface area contributed by atoms with Crippen LogP contribution in [0.2, 0.25) is 0 Å². The van der Waals surface area contributed by atoms with Crippen molar-refractivity contribution in [1.82, 2.24) is 0 Å². The van der Waals surface area contributed by atoms with Gasteiger partial charge in [-0.2, -0.15) is 0 Å². The average Bonchev–Trinajstić information content (AvgIpc) is 3.44. The molecule has 1 N–H and O–H groups in total. The molecule has 3 fully saturated rings. The number of nitrogens with zero attached hydrogens (tertiary/aromatic N) is 1. The fourth-order valence-corrected chi connectivity index (χ4v) is 7.85. The van der Waals surface area contributed by atoms with Gasteiger partial charge in [0.05, 0.1) is 17.5 Å². The summed E-state index contributed by atoms with van der Waals surface area (Å²) in [7, 11) is 0. The number of amides is 3. The van der Waals surface area contributed by atoms with E-state index in [1.54, 1.807) is 24.3 Å². The van der Waals surface area contributed by atoms with E-state index >= 15 is 0 Å². The van der Waals surface area contributed by atoms with Gasteiger partial charge in [0.2, 0.25) is 11.8 Å². The van der Waals surface area contributed by atoms with Crippen LogP contribution in [0.5, 0.6) is 0 Å². The molecule has 5 nitrogen and oxygen atoms in total. The fourth-order valence-electron chi connectivity index (χ4n) is 5.98. The van der Waals surface area contributed by atoms with Crippen molar-refractivity contribution >= 4 is 61.0 Å². The third-order valence-corrected chi connectivity index (χ3v) is 10.8. The second-order valence-corrected chi connectivity index (χ2v) is 11.3. The Balaban J connectivity index is 1.42. The zero-order chi connectivity index (χ0) is 23.4. The summed E-state index contributed by atoms with van der Waals surface area (Å²) >= 11 is 7.45. The summed E-state index contributed by atoms with van der Waals surface area (Å²) in [4.78, 5) is 41.6. The smallest absolute Gasteiger partial charge is 0.255 e. The maximum atomic E-state index is 13.3. The van der Waals surface area contributed by atoms with E-state index in [1.807, 2.05) is 18.2 Å². The number of para-hydroxylation sites is 1. The average molecular weight is 574 g/mol. The van der Waals surface area contributed by atoms with Crippen LogP contribution in [-0.2, 0) is 22.4 Å². The van der Waals surface area contributed by atoms with Gasteiger partial charge in [-0.05, 0) is 60.4 Å². The predicted octanol–water partition coefficient (Wildman–Crippen LogP) is 5.35. The maximum absolute atomic E-state index is 13.3. The monoisotopic (exact) mass is 572 g/mol. The summed E-state index contributed by atoms with van der Waals surface area (Å²) in [6.07, 6.45) is 2.52. The first-order chi connectivity index (χ1) is 15.9. The number of nitrogens with one attached hydrogen (secondary N) is 1. The van der Waals surface area contributed by atoms with Crippen molar-refractivity contribution < 1.29 is 14.4 Å². The van der Waals surface area contributed by atoms with Crippen LogP contribution in [0.3, 0.4) is 0 Å². The Kier molecular flexibility index (Phi) is 5.98. The van der Waals surface area contributed by atoms with Crippen LogP contribution in [0.25, 0.3) is 0 Å². The molecule has 1 saturated heterocycles. The number of anilines is 2. The molecular weight excluding hydrogens is 548 g/mol. The van der Waals surface area contributed by atoms with Crippen LogP contribution in [0, 0.1) is 23.7 Å². The number of hydrogen-bond acceptors (Lipinski definition) is 3. The molecule has 172 valence electrons. The zero-order valence-corrected chi connectivity index (χ0v) is 21.7. The Bertz CT molecular complexity index is 1100. The van der Waals surface area contributed by atoms with Gasteiger partial charge < -0.3 is 5.32 Å². The molecule has 6 atom stereocenters. The minimum absolute atomic E-state index is 0.136. The topological polar surface area (TPSA) is 66.5 Å². The molecule has 1 heterocycles. The molecule has 0 unspecified atom stereocenters. The third kappa shape index (κ3) is 3.50. The number of hydrogen-bond donors (Lipinski definition) is 1. The number of imide groups is 1. The predicted molar refractivity (Wildman–Crippen MR) is 136 cm³/mol. The molecule has 5 rings (SSSR count). The third-order valence-electron chi connectivity index (χ3n) is 7.59. The van der Waals surface area contributed by atoms with Gasteiger partial charge in [0.15, 0.2) is 0 Å². The van der Waals surface area contributed by atoms with Crippen molar-refractivity contribution in [3.8, 4) is 0 Å². The number of benzene rings is 2. The molecule has 7 heteroatoms. The van der Waals surface area contributed by atoms with Gasteiger partial charge in [-0.3, -0.25) is 19.3 Å². The summed E-state index contributed by atoms with van der Waals surface area (Å²) in [5.74, 6) is -0.742. The van der Waals surface area contributed by atoms with Crippen molar-refractivity contribution in [3.63, 3.8) is 0 Å². The normalized spacial score (nSPS) is 30.1. The first-order valence-corrected chi connectivity index (χ1v) is 13.4. The number of carbonyl (C=O) groups is 3. The van der Waals surface area contributed by atoms with Crippen LogP contribution in [0.1, 0.15) is 41.8 Å². The molecule has 3 amide bonds. The first-order valence-electron chi connectivity index (χ1n) is 11.6. The minimum Gasteiger partial charge on any atom is -0.321 e. The zero-order valence-electron chi connectivity index (χ0n) is 18.6. The lowest BCUT2D eigenvalue weighted by molar-refractivity contribution is -0.123. The molecular formula is C26H26Br2N2O3. The number of alkyl halides is 2. The van der Waals surface area contributed by atoms with Crippen molar-refractivity contribution in [1.29, 1.82) is 0 Å². The maximum Gasteiger partial charge on any atom is 0.255 e. The summed E-state index contributed by atoms with van der Waals surface area (Å²) in [6, 6.07) is 12.9. The second kappa shape index (κ2) is 8.66. The van der Waals surface area contributed by atoms with E-state index in [0.717, 1.165) is 36.1 Å². The van der Waals surface area contributed by atoms with Crippen LogP contribution in [0.15, 0.2) is 42.5 Å². The lowest BCUT2D eigenvalue weighted by atomic mass is 9.81. The highest BCUT2D eigenvalue weighted by atomic mass is 79.9. The molecule has 2 saturated carbocycles. The SMILES string of the molecule is CCc1cccc(CC)c1NC(=O)c1cccc(N2C(=O)[C@@H]3[C@H]4C[C@@H]([C@H](Br)[C@@H]4Br)[C@@H]3C2=O)c1. The molecule has 0 aromatic heterocycles. The molecule has 2 aromatic rings. The highest BCUT2D eigenvalue weighted by Gasteiger charge is 2.66. The quantitative estimate of drug-likeness (QED) is 0.387. The Morgan fingerprint density at radius 1 is 0.939 bits per heavy atom. The number of aryl methyl sites for hydroxylation is 2. The van der Waals surface area contributed by atoms with E-state index in [0.29, 0.717) is 11.3 Å². The highest BCUT2D eigenvalue weighted by molar-refractivity contribution is 9.12. The Labute approximate surface area is 210 Å². The lowest BCUT2D eigenvalue weighted by Crippen LogP contribution is -2.37. The highest BCUT2D eigenvalue weighted by Crippen LogP contribution is 2.60. The molecule has 0 spiro atoms. The largest absolute Gasteiger partial charge is 0.321 e. The Hall–Kier alpha value is -1.99. The van der Waals surface area contributed by atoms with E-state index in [2.05, 4.69) is 51.0 Å². The van der Waals surface area contributed by atoms with E-state index in [4.69, 9.17) is 0 Å². The van der Waals surface area contributed by atoms with Crippen molar-refractivity contribution in [2.45, 2.75) is 42.8 Å². The Morgan fingerprint density at radius 2 is 1.48 bits per heavy atom. The van der Waals surface area contributed by atoms with Gasteiger partial charge in [0.25, 0.3) is 5.91 Å². The summed E-state index contributed by atoms with van der Waals surface area (Å²) < 4.78 is 0. The van der Waals surface area contributed by atoms with Gasteiger partial charge >= 0.3 is 0 Å². The van der Waals surface area contributed by atoms with E-state index in [9.17, 15) is 14.4 Å². The molecule has 2 aliphatic carbocycles. The fraction of sp³-hybridized carbons (Fsp3) is 0.423. The Morgan fingerprint density at radius 3 is 2.03 bits per heavy atom. The number of carbonyl (C=O) groups excluding carboxylic acids is 3. The molecule has 33 heavy (non-hydrogen) atoms. The van der Waals surface area contributed by atoms with E-state index in [-0.39, 0.29) is 51.0 Å².